The van der Waals surface area contributed by atoms with Crippen molar-refractivity contribution in [1.82, 2.24) is 10.2 Å². The van der Waals surface area contributed by atoms with Gasteiger partial charge in [0.15, 0.2) is 0 Å². The number of rotatable bonds is 3. The van der Waals surface area contributed by atoms with Crippen LogP contribution >= 0.6 is 0 Å². The summed E-state index contributed by atoms with van der Waals surface area (Å²) in [6.45, 7) is 0. The van der Waals surface area contributed by atoms with Crippen molar-refractivity contribution in [2.75, 3.05) is 5.32 Å². The second-order valence-corrected chi connectivity index (χ2v) is 3.86. The first-order chi connectivity index (χ1) is 9.90. The topological polar surface area (TPSA) is 57.8 Å². The normalized spacial score (nSPS) is 8.76. The van der Waals surface area contributed by atoms with Crippen LogP contribution in [0, 0.1) is 6.07 Å². The van der Waals surface area contributed by atoms with Crippen molar-refractivity contribution in [3.05, 3.63) is 72.9 Å². The average Bonchev–Trinajstić information content (AvgIpc) is 3.05. The van der Waals surface area contributed by atoms with Crippen molar-refractivity contribution in [3.63, 3.8) is 0 Å². The Morgan fingerprint density at radius 2 is 1.90 bits per heavy atom. The summed E-state index contributed by atoms with van der Waals surface area (Å²) in [6, 6.07) is 21.8. The maximum atomic E-state index is 10.1. The summed E-state index contributed by atoms with van der Waals surface area (Å²) < 4.78 is 0. The molecule has 0 atom stereocenters. The maximum Gasteiger partial charge on any atom is 0.0692 e. The molecule has 0 spiro atoms. The van der Waals surface area contributed by atoms with Gasteiger partial charge in [0.2, 0.25) is 0 Å². The summed E-state index contributed by atoms with van der Waals surface area (Å²) in [7, 11) is 0. The van der Waals surface area contributed by atoms with E-state index in [-0.39, 0.29) is 32.7 Å². The fourth-order valence-electron chi connectivity index (χ4n) is 1.58. The van der Waals surface area contributed by atoms with E-state index >= 15 is 0 Å². The number of anilines is 1. The number of aromatic nitrogens is 2. The van der Waals surface area contributed by atoms with Crippen LogP contribution in [0.15, 0.2) is 66.9 Å². The largest absolute Gasteiger partial charge is 0.490 e. The summed E-state index contributed by atoms with van der Waals surface area (Å²) in [5.41, 5.74) is 2.61. The molecule has 0 aliphatic heterocycles. The van der Waals surface area contributed by atoms with Gasteiger partial charge in [-0.25, -0.2) is 0 Å². The number of amides is 1. The molecular weight excluding hydrogens is 339 g/mol. The van der Waals surface area contributed by atoms with Gasteiger partial charge in [0.05, 0.1) is 12.1 Å². The predicted octanol–water partition coefficient (Wildman–Crippen LogP) is 3.04. The molecule has 103 valence electrons. The number of nitrogens with one attached hydrogen (secondary N) is 2. The van der Waals surface area contributed by atoms with Gasteiger partial charge in [0.25, 0.3) is 0 Å². The first kappa shape index (κ1) is 17.3. The van der Waals surface area contributed by atoms with Crippen molar-refractivity contribution >= 4 is 12.1 Å². The van der Waals surface area contributed by atoms with Gasteiger partial charge < -0.3 is 10.1 Å². The van der Waals surface area contributed by atoms with Crippen molar-refractivity contribution in [2.24, 2.45) is 0 Å². The molecular formula is C16H13N3OY-2. The van der Waals surface area contributed by atoms with Crippen LogP contribution in [0.1, 0.15) is 0 Å². The first-order valence-electron chi connectivity index (χ1n) is 6.04. The molecule has 0 saturated heterocycles. The van der Waals surface area contributed by atoms with E-state index in [9.17, 15) is 4.79 Å². The molecule has 2 aromatic carbocycles. The van der Waals surface area contributed by atoms with E-state index < -0.39 is 0 Å². The molecule has 1 amide bonds. The molecule has 2 N–H and O–H groups in total. The standard InChI is InChI=1S/C10H8N3O.C6H5.Y/c14-7-11-9-3-1-2-8(6-9)10-4-5-12-13-10;1-2-4-6-5-3-1;/h1-6H,(H,11,14)(H,12,13);1-5H;/q2*-1;. The van der Waals surface area contributed by atoms with Crippen molar-refractivity contribution in [1.29, 1.82) is 0 Å². The van der Waals surface area contributed by atoms with Gasteiger partial charge in [0, 0.05) is 38.9 Å². The monoisotopic (exact) mass is 352 g/mol. The number of nitrogens with zero attached hydrogens (tertiary/aromatic N) is 1. The van der Waals surface area contributed by atoms with E-state index in [0.29, 0.717) is 5.69 Å². The van der Waals surface area contributed by atoms with Gasteiger partial charge >= 0.3 is 0 Å². The molecule has 0 aliphatic rings. The second-order valence-electron chi connectivity index (χ2n) is 3.86. The minimum Gasteiger partial charge on any atom is -0.490 e. The zero-order valence-electron chi connectivity index (χ0n) is 11.3. The van der Waals surface area contributed by atoms with Gasteiger partial charge in [-0.05, 0) is 11.6 Å². The quantitative estimate of drug-likeness (QED) is 0.562. The van der Waals surface area contributed by atoms with Crippen LogP contribution in [0.4, 0.5) is 5.69 Å². The Balaban J connectivity index is 0.000000267. The molecule has 3 aromatic rings. The molecule has 5 heteroatoms. The number of carbonyl (C=O) groups excluding carboxylic acids is 1. The predicted molar refractivity (Wildman–Crippen MR) is 78.6 cm³/mol. The van der Waals surface area contributed by atoms with Crippen LogP contribution < -0.4 is 5.32 Å². The maximum absolute atomic E-state index is 10.1. The molecule has 0 aliphatic carbocycles. The fourth-order valence-corrected chi connectivity index (χ4v) is 1.58. The molecule has 1 aromatic heterocycles. The Kier molecular flexibility index (Phi) is 8.25. The number of hydrogen-bond donors (Lipinski definition) is 2. The molecule has 1 heterocycles. The smallest absolute Gasteiger partial charge is 0.0692 e. The molecule has 0 saturated carbocycles. The van der Waals surface area contributed by atoms with Gasteiger partial charge in [0.1, 0.15) is 0 Å². The van der Waals surface area contributed by atoms with Crippen molar-refractivity contribution in [3.8, 4) is 11.3 Å². The number of aromatic amines is 1. The van der Waals surface area contributed by atoms with Crippen LogP contribution in [-0.4, -0.2) is 16.6 Å². The third-order valence-electron chi connectivity index (χ3n) is 2.48. The van der Waals surface area contributed by atoms with Crippen molar-refractivity contribution in [2.45, 2.75) is 0 Å². The molecule has 21 heavy (non-hydrogen) atoms. The Hall–Kier alpha value is -1.78. The summed E-state index contributed by atoms with van der Waals surface area (Å²) in [5, 5.41) is 9.17. The zero-order chi connectivity index (χ0) is 14.0. The van der Waals surface area contributed by atoms with E-state index in [2.05, 4.69) is 21.6 Å². The molecule has 3 rings (SSSR count). The third kappa shape index (κ3) is 6.02. The second kappa shape index (κ2) is 10.0. The Bertz CT molecular complexity index is 600. The first-order valence-corrected chi connectivity index (χ1v) is 6.04. The molecule has 4 nitrogen and oxygen atoms in total. The molecule has 0 fully saturated rings. The van der Waals surface area contributed by atoms with Crippen LogP contribution in [0.5, 0.6) is 0 Å². The zero-order valence-corrected chi connectivity index (χ0v) is 14.1. The van der Waals surface area contributed by atoms with Crippen LogP contribution in [0.25, 0.3) is 11.3 Å². The summed E-state index contributed by atoms with van der Waals surface area (Å²) in [4.78, 5) is 10.1. The SMILES string of the molecule is O=[C-]Nc1cccc(-c2ccn[nH]2)c1.[Y].[c-]1ccccc1. The van der Waals surface area contributed by atoms with Crippen LogP contribution in [0.3, 0.4) is 0 Å². The van der Waals surface area contributed by atoms with E-state index in [0.717, 1.165) is 11.3 Å². The Labute approximate surface area is 148 Å². The fraction of sp³-hybridized carbons (Fsp3) is 0. The minimum absolute atomic E-state index is 0. The number of benzene rings is 2. The van der Waals surface area contributed by atoms with Gasteiger partial charge in [-0.15, -0.1) is 17.8 Å². The van der Waals surface area contributed by atoms with E-state index in [4.69, 9.17) is 0 Å². The van der Waals surface area contributed by atoms with Gasteiger partial charge in [-0.2, -0.15) is 41.5 Å². The third-order valence-corrected chi connectivity index (χ3v) is 2.48. The molecule has 0 unspecified atom stereocenters. The van der Waals surface area contributed by atoms with E-state index in [1.54, 1.807) is 18.7 Å². The summed E-state index contributed by atoms with van der Waals surface area (Å²) in [5.74, 6) is 0. The van der Waals surface area contributed by atoms with Crippen molar-refractivity contribution < 1.29 is 37.5 Å². The Morgan fingerprint density at radius 1 is 1.10 bits per heavy atom. The average molecular weight is 352 g/mol. The van der Waals surface area contributed by atoms with E-state index in [1.165, 1.54) is 0 Å². The molecule has 1 radical (unpaired) electrons. The minimum atomic E-state index is 0. The summed E-state index contributed by atoms with van der Waals surface area (Å²) >= 11 is 0. The van der Waals surface area contributed by atoms with Gasteiger partial charge in [-0.1, -0.05) is 12.1 Å². The van der Waals surface area contributed by atoms with Crippen LogP contribution in [-0.2, 0) is 37.5 Å². The summed E-state index contributed by atoms with van der Waals surface area (Å²) in [6.07, 6.45) is 3.31. The Morgan fingerprint density at radius 3 is 2.43 bits per heavy atom. The molecule has 0 bridgehead atoms. The van der Waals surface area contributed by atoms with Crippen LogP contribution in [0.2, 0.25) is 0 Å². The number of H-pyrrole nitrogens is 1. The number of hydrogen-bond acceptors (Lipinski definition) is 2. The van der Waals surface area contributed by atoms with E-state index in [1.807, 2.05) is 54.6 Å². The van der Waals surface area contributed by atoms with Gasteiger partial charge in [-0.3, -0.25) is 5.10 Å².